The fourth-order valence-corrected chi connectivity index (χ4v) is 2.53. The number of aliphatic hydroxyl groups is 1. The number of likely N-dealkylation sites (tertiary alicyclic amines) is 1. The molecule has 2 amide bonds. The highest BCUT2D eigenvalue weighted by Gasteiger charge is 2.27. The van der Waals surface area contributed by atoms with Crippen LogP contribution in [-0.4, -0.2) is 47.6 Å². The van der Waals surface area contributed by atoms with Crippen molar-refractivity contribution in [2.45, 2.75) is 18.9 Å². The van der Waals surface area contributed by atoms with Gasteiger partial charge in [-0.15, -0.1) is 0 Å². The molecule has 1 unspecified atom stereocenters. The minimum atomic E-state index is -0.333. The van der Waals surface area contributed by atoms with Gasteiger partial charge in [-0.1, -0.05) is 17.7 Å². The second-order valence-electron chi connectivity index (χ2n) is 4.76. The van der Waals surface area contributed by atoms with Crippen molar-refractivity contribution in [3.8, 4) is 0 Å². The maximum atomic E-state index is 12.0. The van der Waals surface area contributed by atoms with Crippen molar-refractivity contribution in [1.82, 2.24) is 10.2 Å². The number of benzene rings is 1. The molecule has 108 valence electrons. The van der Waals surface area contributed by atoms with Gasteiger partial charge in [-0.2, -0.15) is 0 Å². The molecule has 1 aliphatic rings. The molecule has 2 N–H and O–H groups in total. The van der Waals surface area contributed by atoms with Gasteiger partial charge in [0.2, 0.25) is 5.91 Å². The minimum absolute atomic E-state index is 0.0338. The molecule has 1 aromatic carbocycles. The van der Waals surface area contributed by atoms with Crippen molar-refractivity contribution in [1.29, 1.82) is 0 Å². The molecule has 0 saturated carbocycles. The van der Waals surface area contributed by atoms with Crippen LogP contribution in [-0.2, 0) is 4.79 Å². The highest BCUT2D eigenvalue weighted by atomic mass is 35.5. The van der Waals surface area contributed by atoms with Crippen LogP contribution in [0, 0.1) is 0 Å². The summed E-state index contributed by atoms with van der Waals surface area (Å²) >= 11 is 5.81. The largest absolute Gasteiger partial charge is 0.394 e. The van der Waals surface area contributed by atoms with Gasteiger partial charge < -0.3 is 15.3 Å². The molecule has 0 radical (unpaired) electrons. The quantitative estimate of drug-likeness (QED) is 0.873. The van der Waals surface area contributed by atoms with Crippen LogP contribution in [0.25, 0.3) is 0 Å². The minimum Gasteiger partial charge on any atom is -0.394 e. The van der Waals surface area contributed by atoms with Crippen molar-refractivity contribution in [2.75, 3.05) is 19.7 Å². The lowest BCUT2D eigenvalue weighted by molar-refractivity contribution is -0.131. The van der Waals surface area contributed by atoms with Crippen molar-refractivity contribution in [2.24, 2.45) is 0 Å². The van der Waals surface area contributed by atoms with E-state index < -0.39 is 0 Å². The number of rotatable bonds is 4. The van der Waals surface area contributed by atoms with E-state index in [1.165, 1.54) is 0 Å². The lowest BCUT2D eigenvalue weighted by atomic mass is 10.2. The van der Waals surface area contributed by atoms with Gasteiger partial charge in [0.25, 0.3) is 5.91 Å². The molecular formula is C14H17ClN2O3. The van der Waals surface area contributed by atoms with Gasteiger partial charge in [0, 0.05) is 17.1 Å². The summed E-state index contributed by atoms with van der Waals surface area (Å²) in [5, 5.41) is 12.2. The van der Waals surface area contributed by atoms with Crippen LogP contribution in [0.5, 0.6) is 0 Å². The molecule has 2 rings (SSSR count). The number of nitrogens with zero attached hydrogens (tertiary/aromatic N) is 1. The molecule has 0 bridgehead atoms. The third-order valence-electron chi connectivity index (χ3n) is 3.40. The topological polar surface area (TPSA) is 69.6 Å². The molecule has 1 aromatic rings. The van der Waals surface area contributed by atoms with E-state index in [1.807, 2.05) is 0 Å². The lowest BCUT2D eigenvalue weighted by Crippen LogP contribution is -2.43. The summed E-state index contributed by atoms with van der Waals surface area (Å²) in [5.74, 6) is -0.502. The Kier molecular flexibility index (Phi) is 4.98. The summed E-state index contributed by atoms with van der Waals surface area (Å²) in [7, 11) is 0. The Morgan fingerprint density at radius 2 is 2.25 bits per heavy atom. The Labute approximate surface area is 122 Å². The van der Waals surface area contributed by atoms with Crippen molar-refractivity contribution < 1.29 is 14.7 Å². The van der Waals surface area contributed by atoms with E-state index in [0.717, 1.165) is 12.8 Å². The van der Waals surface area contributed by atoms with Crippen molar-refractivity contribution >= 4 is 23.4 Å². The Morgan fingerprint density at radius 1 is 1.45 bits per heavy atom. The molecule has 20 heavy (non-hydrogen) atoms. The smallest absolute Gasteiger partial charge is 0.251 e. The SMILES string of the molecule is O=C(NCC(=O)N1CCCC1CO)c1cccc(Cl)c1. The molecule has 1 atom stereocenters. The normalized spacial score (nSPS) is 18.1. The number of nitrogens with one attached hydrogen (secondary N) is 1. The summed E-state index contributed by atoms with van der Waals surface area (Å²) in [4.78, 5) is 25.5. The first-order valence-electron chi connectivity index (χ1n) is 6.56. The summed E-state index contributed by atoms with van der Waals surface area (Å²) in [6, 6.07) is 6.43. The molecular weight excluding hydrogens is 280 g/mol. The first-order chi connectivity index (χ1) is 9.61. The van der Waals surface area contributed by atoms with E-state index in [2.05, 4.69) is 5.32 Å². The van der Waals surface area contributed by atoms with E-state index in [4.69, 9.17) is 11.6 Å². The molecule has 0 aliphatic carbocycles. The van der Waals surface area contributed by atoms with Crippen LogP contribution in [0.3, 0.4) is 0 Å². The fraction of sp³-hybridized carbons (Fsp3) is 0.429. The van der Waals surface area contributed by atoms with Crippen LogP contribution >= 0.6 is 11.6 Å². The Balaban J connectivity index is 1.88. The molecule has 1 aliphatic heterocycles. The Bertz CT molecular complexity index is 507. The van der Waals surface area contributed by atoms with Crippen LogP contribution in [0.15, 0.2) is 24.3 Å². The van der Waals surface area contributed by atoms with Crippen LogP contribution in [0.4, 0.5) is 0 Å². The van der Waals surface area contributed by atoms with Gasteiger partial charge in [-0.25, -0.2) is 0 Å². The molecule has 5 nitrogen and oxygen atoms in total. The van der Waals surface area contributed by atoms with Crippen molar-refractivity contribution in [3.63, 3.8) is 0 Å². The van der Waals surface area contributed by atoms with Crippen LogP contribution < -0.4 is 5.32 Å². The van der Waals surface area contributed by atoms with Gasteiger partial charge in [-0.3, -0.25) is 9.59 Å². The van der Waals surface area contributed by atoms with Gasteiger partial charge in [-0.05, 0) is 31.0 Å². The maximum Gasteiger partial charge on any atom is 0.251 e. The van der Waals surface area contributed by atoms with Gasteiger partial charge in [0.05, 0.1) is 19.2 Å². The second kappa shape index (κ2) is 6.72. The summed E-state index contributed by atoms with van der Waals surface area (Å²) in [6.45, 7) is 0.535. The zero-order valence-electron chi connectivity index (χ0n) is 11.0. The molecule has 0 aromatic heterocycles. The molecule has 1 heterocycles. The third kappa shape index (κ3) is 3.49. The number of carbonyl (C=O) groups is 2. The number of aliphatic hydroxyl groups excluding tert-OH is 1. The number of hydrogen-bond donors (Lipinski definition) is 2. The van der Waals surface area contributed by atoms with Crippen LogP contribution in [0.1, 0.15) is 23.2 Å². The van der Waals surface area contributed by atoms with E-state index in [9.17, 15) is 14.7 Å². The van der Waals surface area contributed by atoms with Gasteiger partial charge >= 0.3 is 0 Å². The number of amides is 2. The van der Waals surface area contributed by atoms with Crippen LogP contribution in [0.2, 0.25) is 5.02 Å². The molecule has 6 heteroatoms. The lowest BCUT2D eigenvalue weighted by Gasteiger charge is -2.23. The number of hydrogen-bond acceptors (Lipinski definition) is 3. The maximum absolute atomic E-state index is 12.0. The summed E-state index contributed by atoms with van der Waals surface area (Å²) in [5.41, 5.74) is 0.422. The predicted molar refractivity (Wildman–Crippen MR) is 75.6 cm³/mol. The predicted octanol–water partition coefficient (Wildman–Crippen LogP) is 1.05. The highest BCUT2D eigenvalue weighted by Crippen LogP contribution is 2.16. The average molecular weight is 297 g/mol. The van der Waals surface area contributed by atoms with E-state index in [0.29, 0.717) is 17.1 Å². The number of carbonyl (C=O) groups excluding carboxylic acids is 2. The van der Waals surface area contributed by atoms with Gasteiger partial charge in [0.1, 0.15) is 0 Å². The highest BCUT2D eigenvalue weighted by molar-refractivity contribution is 6.30. The first kappa shape index (κ1) is 14.8. The Morgan fingerprint density at radius 3 is 2.95 bits per heavy atom. The Hall–Kier alpha value is -1.59. The third-order valence-corrected chi connectivity index (χ3v) is 3.63. The standard InChI is InChI=1S/C14H17ClN2O3/c15-11-4-1-3-10(7-11)14(20)16-8-13(19)17-6-2-5-12(17)9-18/h1,3-4,7,12,18H,2,5-6,8-9H2,(H,16,20). The zero-order chi connectivity index (χ0) is 14.5. The second-order valence-corrected chi connectivity index (χ2v) is 5.20. The number of halogens is 1. The van der Waals surface area contributed by atoms with Crippen molar-refractivity contribution in [3.05, 3.63) is 34.9 Å². The molecule has 1 fully saturated rings. The first-order valence-corrected chi connectivity index (χ1v) is 6.93. The van der Waals surface area contributed by atoms with E-state index in [1.54, 1.807) is 29.2 Å². The summed E-state index contributed by atoms with van der Waals surface area (Å²) in [6.07, 6.45) is 1.70. The monoisotopic (exact) mass is 296 g/mol. The average Bonchev–Trinajstić information content (AvgIpc) is 2.92. The fourth-order valence-electron chi connectivity index (χ4n) is 2.34. The summed E-state index contributed by atoms with van der Waals surface area (Å²) < 4.78 is 0. The van der Waals surface area contributed by atoms with Gasteiger partial charge in [0.15, 0.2) is 0 Å². The molecule has 1 saturated heterocycles. The zero-order valence-corrected chi connectivity index (χ0v) is 11.8. The van der Waals surface area contributed by atoms with E-state index in [-0.39, 0.29) is 31.0 Å². The van der Waals surface area contributed by atoms with E-state index >= 15 is 0 Å². The molecule has 0 spiro atoms.